The SMILES string of the molecule is CCOc1ccc(NC(=O)COC(=O)CN2C(=O)N[C@@]3(CCCC[C@H]3C)C2=O)cc1. The number of benzene rings is 1. The van der Waals surface area contributed by atoms with Crippen LogP contribution in [0.1, 0.15) is 39.5 Å². The van der Waals surface area contributed by atoms with Gasteiger partial charge in [-0.25, -0.2) is 4.79 Å². The third-order valence-electron chi connectivity index (χ3n) is 5.60. The van der Waals surface area contributed by atoms with E-state index < -0.39 is 42.5 Å². The van der Waals surface area contributed by atoms with Crippen LogP contribution in [0.5, 0.6) is 5.75 Å². The Morgan fingerprint density at radius 2 is 1.97 bits per heavy atom. The fourth-order valence-electron chi connectivity index (χ4n) is 3.96. The van der Waals surface area contributed by atoms with E-state index in [4.69, 9.17) is 9.47 Å². The zero-order valence-electron chi connectivity index (χ0n) is 17.2. The molecule has 1 aliphatic heterocycles. The first kappa shape index (κ1) is 21.6. The highest BCUT2D eigenvalue weighted by atomic mass is 16.5. The van der Waals surface area contributed by atoms with Gasteiger partial charge in [0.25, 0.3) is 11.8 Å². The number of hydrogen-bond acceptors (Lipinski definition) is 6. The molecule has 1 saturated carbocycles. The van der Waals surface area contributed by atoms with E-state index in [1.54, 1.807) is 24.3 Å². The zero-order valence-corrected chi connectivity index (χ0v) is 17.2. The highest BCUT2D eigenvalue weighted by Gasteiger charge is 2.55. The lowest BCUT2D eigenvalue weighted by Gasteiger charge is -2.36. The fraction of sp³-hybridized carbons (Fsp3) is 0.524. The van der Waals surface area contributed by atoms with E-state index >= 15 is 0 Å². The molecule has 4 amide bonds. The molecule has 30 heavy (non-hydrogen) atoms. The molecule has 2 fully saturated rings. The predicted molar refractivity (Wildman–Crippen MR) is 108 cm³/mol. The topological polar surface area (TPSA) is 114 Å². The van der Waals surface area contributed by atoms with Crippen molar-refractivity contribution in [1.29, 1.82) is 0 Å². The Hall–Kier alpha value is -3.10. The Kier molecular flexibility index (Phi) is 6.59. The van der Waals surface area contributed by atoms with Crippen LogP contribution in [-0.2, 0) is 19.1 Å². The second kappa shape index (κ2) is 9.15. The average Bonchev–Trinajstić information content (AvgIpc) is 2.95. The van der Waals surface area contributed by atoms with Gasteiger partial charge in [0.2, 0.25) is 0 Å². The largest absolute Gasteiger partial charge is 0.494 e. The smallest absolute Gasteiger partial charge is 0.326 e. The molecule has 1 aromatic rings. The number of imide groups is 1. The zero-order chi connectivity index (χ0) is 21.7. The highest BCUT2D eigenvalue weighted by Crippen LogP contribution is 2.38. The maximum absolute atomic E-state index is 12.8. The molecule has 0 aromatic heterocycles. The third-order valence-corrected chi connectivity index (χ3v) is 5.60. The summed E-state index contributed by atoms with van der Waals surface area (Å²) in [6, 6.07) is 6.17. The molecule has 1 aliphatic carbocycles. The molecule has 2 aliphatic rings. The molecular formula is C21H27N3O6. The molecule has 2 atom stereocenters. The molecule has 0 bridgehead atoms. The van der Waals surface area contributed by atoms with Gasteiger partial charge >= 0.3 is 12.0 Å². The molecule has 0 unspecified atom stereocenters. The number of esters is 1. The first-order valence-electron chi connectivity index (χ1n) is 10.2. The van der Waals surface area contributed by atoms with E-state index in [-0.39, 0.29) is 5.92 Å². The minimum Gasteiger partial charge on any atom is -0.494 e. The van der Waals surface area contributed by atoms with Gasteiger partial charge in [0.05, 0.1) is 6.61 Å². The molecule has 9 heteroatoms. The summed E-state index contributed by atoms with van der Waals surface area (Å²) < 4.78 is 10.3. The molecule has 2 N–H and O–H groups in total. The molecule has 9 nitrogen and oxygen atoms in total. The lowest BCUT2D eigenvalue weighted by atomic mass is 9.73. The van der Waals surface area contributed by atoms with Gasteiger partial charge in [-0.15, -0.1) is 0 Å². The van der Waals surface area contributed by atoms with E-state index in [2.05, 4.69) is 10.6 Å². The van der Waals surface area contributed by atoms with Crippen molar-refractivity contribution in [2.45, 2.75) is 45.1 Å². The van der Waals surface area contributed by atoms with Crippen molar-refractivity contribution >= 4 is 29.5 Å². The summed E-state index contributed by atoms with van der Waals surface area (Å²) in [6.45, 7) is 3.31. The average molecular weight is 417 g/mol. The van der Waals surface area contributed by atoms with Crippen molar-refractivity contribution in [2.75, 3.05) is 25.1 Å². The summed E-state index contributed by atoms with van der Waals surface area (Å²) in [7, 11) is 0. The second-order valence-electron chi connectivity index (χ2n) is 7.61. The number of anilines is 1. The van der Waals surface area contributed by atoms with Crippen LogP contribution in [0.4, 0.5) is 10.5 Å². The third kappa shape index (κ3) is 4.55. The Balaban J connectivity index is 1.49. The summed E-state index contributed by atoms with van der Waals surface area (Å²) in [5.74, 6) is -1.05. The van der Waals surface area contributed by atoms with E-state index in [1.165, 1.54) is 0 Å². The van der Waals surface area contributed by atoms with Gasteiger partial charge in [-0.3, -0.25) is 19.3 Å². The van der Waals surface area contributed by atoms with E-state index in [0.29, 0.717) is 24.5 Å². The van der Waals surface area contributed by atoms with Crippen LogP contribution < -0.4 is 15.4 Å². The molecule has 1 saturated heterocycles. The molecule has 162 valence electrons. The van der Waals surface area contributed by atoms with Gasteiger partial charge in [-0.1, -0.05) is 19.8 Å². The normalized spacial score (nSPS) is 23.3. The number of nitrogens with one attached hydrogen (secondary N) is 2. The van der Waals surface area contributed by atoms with Gasteiger partial charge in [-0.05, 0) is 49.9 Å². The van der Waals surface area contributed by atoms with Gasteiger partial charge in [0, 0.05) is 5.69 Å². The summed E-state index contributed by atoms with van der Waals surface area (Å²) in [5, 5.41) is 5.37. The second-order valence-corrected chi connectivity index (χ2v) is 7.61. The molecule has 1 heterocycles. The van der Waals surface area contributed by atoms with Gasteiger partial charge < -0.3 is 20.1 Å². The lowest BCUT2D eigenvalue weighted by molar-refractivity contribution is -0.150. The monoisotopic (exact) mass is 417 g/mol. The first-order chi connectivity index (χ1) is 14.4. The standard InChI is InChI=1S/C21H27N3O6/c1-3-29-16-9-7-15(8-10-16)22-17(25)13-30-18(26)12-24-19(27)21(23-20(24)28)11-5-4-6-14(21)2/h7-10,14H,3-6,11-13H2,1-2H3,(H,22,25)(H,23,28)/t14-,21-/m1/s1. The maximum atomic E-state index is 12.8. The highest BCUT2D eigenvalue weighted by molar-refractivity contribution is 6.09. The summed E-state index contributed by atoms with van der Waals surface area (Å²) in [6.07, 6.45) is 3.27. The quantitative estimate of drug-likeness (QED) is 0.519. The Bertz CT molecular complexity index is 825. The van der Waals surface area contributed by atoms with Crippen LogP contribution in [0.25, 0.3) is 0 Å². The number of carbonyl (C=O) groups is 4. The molecule has 0 radical (unpaired) electrons. The number of urea groups is 1. The summed E-state index contributed by atoms with van der Waals surface area (Å²) in [5.41, 5.74) is -0.400. The predicted octanol–water partition coefficient (Wildman–Crippen LogP) is 2.07. The van der Waals surface area contributed by atoms with Crippen LogP contribution in [-0.4, -0.2) is 54.0 Å². The van der Waals surface area contributed by atoms with Gasteiger partial charge in [-0.2, -0.15) is 0 Å². The first-order valence-corrected chi connectivity index (χ1v) is 10.2. The van der Waals surface area contributed by atoms with Crippen LogP contribution in [0, 0.1) is 5.92 Å². The van der Waals surface area contributed by atoms with E-state index in [9.17, 15) is 19.2 Å². The number of nitrogens with zero attached hydrogens (tertiary/aromatic N) is 1. The van der Waals surface area contributed by atoms with Crippen LogP contribution in [0.15, 0.2) is 24.3 Å². The van der Waals surface area contributed by atoms with Crippen LogP contribution in [0.3, 0.4) is 0 Å². The molecule has 3 rings (SSSR count). The van der Waals surface area contributed by atoms with Crippen molar-refractivity contribution in [2.24, 2.45) is 5.92 Å². The number of rotatable bonds is 7. The molecule has 1 spiro atoms. The Labute approximate surface area is 175 Å². The van der Waals surface area contributed by atoms with E-state index in [0.717, 1.165) is 24.2 Å². The minimum absolute atomic E-state index is 0.00335. The number of amides is 4. The number of hydrogen-bond donors (Lipinski definition) is 2. The fourth-order valence-corrected chi connectivity index (χ4v) is 3.96. The lowest BCUT2D eigenvalue weighted by Crippen LogP contribution is -2.54. The van der Waals surface area contributed by atoms with Crippen molar-refractivity contribution < 1.29 is 28.7 Å². The van der Waals surface area contributed by atoms with Crippen LogP contribution >= 0.6 is 0 Å². The van der Waals surface area contributed by atoms with Crippen LogP contribution in [0.2, 0.25) is 0 Å². The van der Waals surface area contributed by atoms with Gasteiger partial charge in [0.1, 0.15) is 17.8 Å². The Morgan fingerprint density at radius 1 is 1.23 bits per heavy atom. The Morgan fingerprint density at radius 3 is 2.63 bits per heavy atom. The number of ether oxygens (including phenoxy) is 2. The number of carbonyl (C=O) groups excluding carboxylic acids is 4. The maximum Gasteiger partial charge on any atom is 0.326 e. The molecule has 1 aromatic carbocycles. The van der Waals surface area contributed by atoms with E-state index in [1.807, 2.05) is 13.8 Å². The van der Waals surface area contributed by atoms with Crippen molar-refractivity contribution in [3.8, 4) is 5.75 Å². The minimum atomic E-state index is -0.930. The van der Waals surface area contributed by atoms with Crippen molar-refractivity contribution in [3.63, 3.8) is 0 Å². The summed E-state index contributed by atoms with van der Waals surface area (Å²) in [4.78, 5) is 50.1. The van der Waals surface area contributed by atoms with Gasteiger partial charge in [0.15, 0.2) is 6.61 Å². The van der Waals surface area contributed by atoms with Crippen molar-refractivity contribution in [3.05, 3.63) is 24.3 Å². The molecular weight excluding hydrogens is 390 g/mol. The van der Waals surface area contributed by atoms with Crippen molar-refractivity contribution in [1.82, 2.24) is 10.2 Å². The summed E-state index contributed by atoms with van der Waals surface area (Å²) >= 11 is 0.